The Morgan fingerprint density at radius 1 is 1.25 bits per heavy atom. The summed E-state index contributed by atoms with van der Waals surface area (Å²) in [6, 6.07) is 12.7. The fourth-order valence-electron chi connectivity index (χ4n) is 2.51. The van der Waals surface area contributed by atoms with Gasteiger partial charge in [-0.1, -0.05) is 30.7 Å². The maximum Gasteiger partial charge on any atom is 0.266 e. The highest BCUT2D eigenvalue weighted by Crippen LogP contribution is 2.37. The number of carbonyl (C=O) groups excluding carboxylic acids is 1. The van der Waals surface area contributed by atoms with Gasteiger partial charge in [0.15, 0.2) is 11.5 Å². The minimum atomic E-state index is -0.492. The number of aryl methyl sites for hydroxylation is 1. The summed E-state index contributed by atoms with van der Waals surface area (Å²) in [6.45, 7) is 6.73. The van der Waals surface area contributed by atoms with Gasteiger partial charge in [0.2, 0.25) is 0 Å². The topological polar surface area (TPSA) is 71.3 Å². The average molecular weight is 399 g/mol. The molecule has 28 heavy (non-hydrogen) atoms. The molecule has 0 aliphatic heterocycles. The molecule has 2 rings (SSSR count). The van der Waals surface area contributed by atoms with Crippen LogP contribution >= 0.6 is 11.6 Å². The summed E-state index contributed by atoms with van der Waals surface area (Å²) in [4.78, 5) is 12.5. The molecule has 5 nitrogen and oxygen atoms in total. The van der Waals surface area contributed by atoms with Crippen LogP contribution in [-0.2, 0) is 4.79 Å². The summed E-state index contributed by atoms with van der Waals surface area (Å²) in [5.41, 5.74) is 2.18. The molecule has 0 bridgehead atoms. The van der Waals surface area contributed by atoms with E-state index in [1.807, 2.05) is 45.0 Å². The highest BCUT2D eigenvalue weighted by molar-refractivity contribution is 6.32. The quantitative estimate of drug-likeness (QED) is 0.478. The lowest BCUT2D eigenvalue weighted by Gasteiger charge is -2.14. The van der Waals surface area contributed by atoms with Crippen LogP contribution < -0.4 is 14.8 Å². The molecule has 0 heterocycles. The van der Waals surface area contributed by atoms with Gasteiger partial charge in [-0.25, -0.2) is 0 Å². The number of nitrogens with zero attached hydrogens (tertiary/aromatic N) is 1. The highest BCUT2D eigenvalue weighted by Gasteiger charge is 2.14. The smallest absolute Gasteiger partial charge is 0.266 e. The first-order valence-corrected chi connectivity index (χ1v) is 9.45. The Labute approximate surface area is 170 Å². The molecule has 0 aliphatic rings. The van der Waals surface area contributed by atoms with Crippen LogP contribution in [0.4, 0.5) is 5.69 Å². The number of nitriles is 1. The fraction of sp³-hybridized carbons (Fsp3) is 0.273. The molecule has 1 N–H and O–H groups in total. The maximum atomic E-state index is 12.5. The van der Waals surface area contributed by atoms with Crippen LogP contribution in [0.15, 0.2) is 42.0 Å². The summed E-state index contributed by atoms with van der Waals surface area (Å²) in [7, 11) is 0. The van der Waals surface area contributed by atoms with Gasteiger partial charge in [-0.3, -0.25) is 4.79 Å². The van der Waals surface area contributed by atoms with Gasteiger partial charge in [-0.2, -0.15) is 5.26 Å². The maximum absolute atomic E-state index is 12.5. The average Bonchev–Trinajstić information content (AvgIpc) is 2.65. The lowest BCUT2D eigenvalue weighted by molar-refractivity contribution is -0.112. The predicted octanol–water partition coefficient (Wildman–Crippen LogP) is 5.38. The first kappa shape index (κ1) is 21.3. The lowest BCUT2D eigenvalue weighted by atomic mass is 10.1. The van der Waals surface area contributed by atoms with Crippen LogP contribution in [0.25, 0.3) is 6.08 Å². The van der Waals surface area contributed by atoms with E-state index in [1.165, 1.54) is 6.08 Å². The standard InChI is InChI=1S/C22H23ClN2O3/c1-4-9-28-21-19(23)12-16(13-20(21)27-5-2)11-17(14-24)22(26)25-18-8-6-7-15(3)10-18/h6-8,10-13H,4-5,9H2,1-3H3,(H,25,26)/b17-11+. The lowest BCUT2D eigenvalue weighted by Crippen LogP contribution is -2.13. The van der Waals surface area contributed by atoms with Gasteiger partial charge in [0.05, 0.1) is 18.2 Å². The number of ether oxygens (including phenoxy) is 2. The monoisotopic (exact) mass is 398 g/mol. The number of anilines is 1. The van der Waals surface area contributed by atoms with Crippen LogP contribution in [0.2, 0.25) is 5.02 Å². The summed E-state index contributed by atoms with van der Waals surface area (Å²) < 4.78 is 11.3. The van der Waals surface area contributed by atoms with Gasteiger partial charge in [0.25, 0.3) is 5.91 Å². The predicted molar refractivity (Wildman–Crippen MR) is 112 cm³/mol. The van der Waals surface area contributed by atoms with Gasteiger partial charge in [0.1, 0.15) is 11.6 Å². The van der Waals surface area contributed by atoms with E-state index in [0.29, 0.717) is 41.0 Å². The van der Waals surface area contributed by atoms with Crippen molar-refractivity contribution in [2.45, 2.75) is 27.2 Å². The van der Waals surface area contributed by atoms with Crippen molar-refractivity contribution < 1.29 is 14.3 Å². The zero-order chi connectivity index (χ0) is 20.5. The second kappa shape index (κ2) is 10.4. The minimum Gasteiger partial charge on any atom is -0.490 e. The number of halogens is 1. The normalized spacial score (nSPS) is 10.9. The number of rotatable bonds is 8. The van der Waals surface area contributed by atoms with Crippen LogP contribution in [0.5, 0.6) is 11.5 Å². The Bertz CT molecular complexity index is 916. The van der Waals surface area contributed by atoms with Crippen molar-refractivity contribution in [3.63, 3.8) is 0 Å². The SMILES string of the molecule is CCCOc1c(Cl)cc(/C=C(\C#N)C(=O)Nc2cccc(C)c2)cc1OCC. The molecule has 0 unspecified atom stereocenters. The molecule has 0 saturated carbocycles. The number of nitrogens with one attached hydrogen (secondary N) is 1. The number of hydrogen-bond donors (Lipinski definition) is 1. The van der Waals surface area contributed by atoms with Crippen molar-refractivity contribution in [2.75, 3.05) is 18.5 Å². The fourth-order valence-corrected chi connectivity index (χ4v) is 2.79. The van der Waals surface area contributed by atoms with E-state index in [9.17, 15) is 10.1 Å². The van der Waals surface area contributed by atoms with E-state index in [4.69, 9.17) is 21.1 Å². The van der Waals surface area contributed by atoms with E-state index in [-0.39, 0.29) is 5.57 Å². The molecule has 0 aromatic heterocycles. The third kappa shape index (κ3) is 5.77. The van der Waals surface area contributed by atoms with Crippen molar-refractivity contribution in [2.24, 2.45) is 0 Å². The van der Waals surface area contributed by atoms with Crippen molar-refractivity contribution in [1.82, 2.24) is 0 Å². The first-order valence-electron chi connectivity index (χ1n) is 9.07. The second-order valence-corrected chi connectivity index (χ2v) is 6.51. The minimum absolute atomic E-state index is 0.0396. The van der Waals surface area contributed by atoms with Crippen molar-refractivity contribution in [3.05, 3.63) is 58.1 Å². The first-order chi connectivity index (χ1) is 13.5. The molecule has 0 aliphatic carbocycles. The molecular weight excluding hydrogens is 376 g/mol. The van der Waals surface area contributed by atoms with E-state index < -0.39 is 5.91 Å². The highest BCUT2D eigenvalue weighted by atomic mass is 35.5. The van der Waals surface area contributed by atoms with Gasteiger partial charge in [0, 0.05) is 5.69 Å². The Morgan fingerprint density at radius 2 is 2.04 bits per heavy atom. The zero-order valence-corrected chi connectivity index (χ0v) is 17.0. The van der Waals surface area contributed by atoms with Gasteiger partial charge >= 0.3 is 0 Å². The summed E-state index contributed by atoms with van der Waals surface area (Å²) in [5, 5.41) is 12.5. The Balaban J connectivity index is 2.32. The summed E-state index contributed by atoms with van der Waals surface area (Å²) >= 11 is 6.34. The van der Waals surface area contributed by atoms with Gasteiger partial charge < -0.3 is 14.8 Å². The van der Waals surface area contributed by atoms with Gasteiger partial charge in [-0.05, 0) is 61.7 Å². The van der Waals surface area contributed by atoms with Crippen LogP contribution in [-0.4, -0.2) is 19.1 Å². The molecule has 0 spiro atoms. The molecule has 2 aromatic carbocycles. The number of hydrogen-bond acceptors (Lipinski definition) is 4. The van der Waals surface area contributed by atoms with E-state index in [2.05, 4.69) is 5.32 Å². The van der Waals surface area contributed by atoms with Crippen molar-refractivity contribution in [3.8, 4) is 17.6 Å². The molecule has 146 valence electrons. The van der Waals surface area contributed by atoms with Crippen LogP contribution in [0.1, 0.15) is 31.4 Å². The van der Waals surface area contributed by atoms with Gasteiger partial charge in [-0.15, -0.1) is 0 Å². The Hall–Kier alpha value is -2.97. The third-order valence-electron chi connectivity index (χ3n) is 3.73. The molecule has 0 atom stereocenters. The summed E-state index contributed by atoms with van der Waals surface area (Å²) in [6.07, 6.45) is 2.31. The number of amides is 1. The van der Waals surface area contributed by atoms with Crippen molar-refractivity contribution >= 4 is 29.3 Å². The van der Waals surface area contributed by atoms with E-state index in [1.54, 1.807) is 18.2 Å². The molecule has 1 amide bonds. The van der Waals surface area contributed by atoms with E-state index in [0.717, 1.165) is 12.0 Å². The van der Waals surface area contributed by atoms with E-state index >= 15 is 0 Å². The molecule has 0 saturated heterocycles. The molecular formula is C22H23ClN2O3. The zero-order valence-electron chi connectivity index (χ0n) is 16.2. The van der Waals surface area contributed by atoms with Crippen molar-refractivity contribution in [1.29, 1.82) is 5.26 Å². The summed E-state index contributed by atoms with van der Waals surface area (Å²) in [5.74, 6) is 0.449. The molecule has 0 fully saturated rings. The molecule has 2 aromatic rings. The Kier molecular flexibility index (Phi) is 7.91. The number of carbonyl (C=O) groups is 1. The Morgan fingerprint density at radius 3 is 2.68 bits per heavy atom. The largest absolute Gasteiger partial charge is 0.490 e. The number of benzene rings is 2. The second-order valence-electron chi connectivity index (χ2n) is 6.10. The third-order valence-corrected chi connectivity index (χ3v) is 4.01. The van der Waals surface area contributed by atoms with Crippen LogP contribution in [0, 0.1) is 18.3 Å². The molecule has 0 radical (unpaired) electrons. The molecule has 6 heteroatoms. The van der Waals surface area contributed by atoms with Crippen LogP contribution in [0.3, 0.4) is 0 Å².